The molecule has 2 aromatic rings. The molecule has 1 heterocycles. The van der Waals surface area contributed by atoms with E-state index in [2.05, 4.69) is 0 Å². The van der Waals surface area contributed by atoms with E-state index < -0.39 is 53.0 Å². The average Bonchev–Trinajstić information content (AvgIpc) is 2.71. The molecule has 148 valence electrons. The number of benzene rings is 2. The summed E-state index contributed by atoms with van der Waals surface area (Å²) in [6, 6.07) is 6.75. The van der Waals surface area contributed by atoms with Crippen molar-refractivity contribution in [3.8, 4) is 5.75 Å². The molecular formula is C18H13F5N2O3. The van der Waals surface area contributed by atoms with Gasteiger partial charge in [0.25, 0.3) is 0 Å². The third-order valence-electron chi connectivity index (χ3n) is 4.07. The van der Waals surface area contributed by atoms with Crippen LogP contribution in [0.15, 0.2) is 24.3 Å². The highest BCUT2D eigenvalue weighted by Crippen LogP contribution is 2.31. The topological polar surface area (TPSA) is 58.6 Å². The number of fused-ring (bicyclic) bond motifs is 1. The third-order valence-corrected chi connectivity index (χ3v) is 4.07. The SMILES string of the molecule is O=C(CCC(=O)N1CCOc2ccccc21)Nc1c(F)c(F)c(F)c(F)c1F. The zero-order valence-corrected chi connectivity index (χ0v) is 14.2. The van der Waals surface area contributed by atoms with Gasteiger partial charge in [-0.25, -0.2) is 22.0 Å². The maximum Gasteiger partial charge on any atom is 0.227 e. The van der Waals surface area contributed by atoms with Crippen LogP contribution in [0, 0.1) is 29.1 Å². The Labute approximate surface area is 155 Å². The minimum Gasteiger partial charge on any atom is -0.490 e. The number of amides is 2. The Kier molecular flexibility index (Phi) is 5.48. The normalized spacial score (nSPS) is 13.0. The molecule has 0 spiro atoms. The fraction of sp³-hybridized carbons (Fsp3) is 0.222. The molecule has 1 aliphatic heterocycles. The van der Waals surface area contributed by atoms with Gasteiger partial charge < -0.3 is 15.0 Å². The second-order valence-corrected chi connectivity index (χ2v) is 5.85. The molecule has 0 fully saturated rings. The van der Waals surface area contributed by atoms with E-state index in [0.717, 1.165) is 0 Å². The van der Waals surface area contributed by atoms with Crippen molar-refractivity contribution < 1.29 is 36.3 Å². The summed E-state index contributed by atoms with van der Waals surface area (Å²) in [4.78, 5) is 25.6. The lowest BCUT2D eigenvalue weighted by molar-refractivity contribution is -0.122. The van der Waals surface area contributed by atoms with E-state index in [-0.39, 0.29) is 19.6 Å². The number of nitrogens with zero attached hydrogens (tertiary/aromatic N) is 1. The molecule has 1 N–H and O–H groups in total. The first-order chi connectivity index (χ1) is 13.3. The summed E-state index contributed by atoms with van der Waals surface area (Å²) < 4.78 is 71.9. The fourth-order valence-electron chi connectivity index (χ4n) is 2.70. The van der Waals surface area contributed by atoms with Crippen LogP contribution in [0.2, 0.25) is 0 Å². The van der Waals surface area contributed by atoms with E-state index in [4.69, 9.17) is 4.74 Å². The van der Waals surface area contributed by atoms with E-state index in [9.17, 15) is 31.5 Å². The van der Waals surface area contributed by atoms with Crippen LogP contribution in [-0.4, -0.2) is 25.0 Å². The van der Waals surface area contributed by atoms with E-state index in [0.29, 0.717) is 11.4 Å². The van der Waals surface area contributed by atoms with Crippen LogP contribution in [0.5, 0.6) is 5.75 Å². The number of carbonyl (C=O) groups is 2. The molecule has 0 saturated heterocycles. The summed E-state index contributed by atoms with van der Waals surface area (Å²) in [7, 11) is 0. The van der Waals surface area contributed by atoms with Gasteiger partial charge >= 0.3 is 0 Å². The van der Waals surface area contributed by atoms with Crippen molar-refractivity contribution in [2.24, 2.45) is 0 Å². The number of anilines is 2. The Bertz CT molecular complexity index is 922. The zero-order valence-electron chi connectivity index (χ0n) is 14.2. The molecule has 0 radical (unpaired) electrons. The molecule has 10 heteroatoms. The molecule has 0 aliphatic carbocycles. The van der Waals surface area contributed by atoms with Gasteiger partial charge in [-0.05, 0) is 12.1 Å². The summed E-state index contributed by atoms with van der Waals surface area (Å²) in [6.07, 6.45) is -0.854. The lowest BCUT2D eigenvalue weighted by Crippen LogP contribution is -2.38. The van der Waals surface area contributed by atoms with Gasteiger partial charge in [0, 0.05) is 12.8 Å². The van der Waals surface area contributed by atoms with Gasteiger partial charge in [-0.15, -0.1) is 0 Å². The van der Waals surface area contributed by atoms with Crippen LogP contribution in [0.4, 0.5) is 33.3 Å². The number of rotatable bonds is 4. The monoisotopic (exact) mass is 400 g/mol. The summed E-state index contributed by atoms with van der Waals surface area (Å²) in [6.45, 7) is 0.495. The summed E-state index contributed by atoms with van der Waals surface area (Å²) in [5.41, 5.74) is -0.940. The van der Waals surface area contributed by atoms with Crippen molar-refractivity contribution >= 4 is 23.2 Å². The first-order valence-electron chi connectivity index (χ1n) is 8.14. The fourth-order valence-corrected chi connectivity index (χ4v) is 2.70. The van der Waals surface area contributed by atoms with Gasteiger partial charge in [0.1, 0.15) is 18.0 Å². The number of hydrogen-bond donors (Lipinski definition) is 1. The average molecular weight is 400 g/mol. The minimum atomic E-state index is -2.32. The van der Waals surface area contributed by atoms with Crippen LogP contribution in [0.3, 0.4) is 0 Å². The summed E-state index contributed by atoms with van der Waals surface area (Å²) in [5.74, 6) is -12.0. The lowest BCUT2D eigenvalue weighted by Gasteiger charge is -2.29. The number of nitrogens with one attached hydrogen (secondary N) is 1. The van der Waals surface area contributed by atoms with Crippen molar-refractivity contribution in [2.75, 3.05) is 23.4 Å². The molecular weight excluding hydrogens is 387 g/mol. The largest absolute Gasteiger partial charge is 0.490 e. The first-order valence-corrected chi connectivity index (χ1v) is 8.14. The quantitative estimate of drug-likeness (QED) is 0.485. The number of carbonyl (C=O) groups excluding carboxylic acids is 2. The van der Waals surface area contributed by atoms with Crippen LogP contribution in [-0.2, 0) is 9.59 Å². The van der Waals surface area contributed by atoms with Crippen LogP contribution >= 0.6 is 0 Å². The minimum absolute atomic E-state index is 0.245. The molecule has 0 unspecified atom stereocenters. The first kappa shape index (κ1) is 19.6. The van der Waals surface area contributed by atoms with Crippen molar-refractivity contribution in [3.05, 3.63) is 53.4 Å². The van der Waals surface area contributed by atoms with Crippen molar-refractivity contribution in [1.82, 2.24) is 0 Å². The molecule has 5 nitrogen and oxygen atoms in total. The van der Waals surface area contributed by atoms with Crippen LogP contribution < -0.4 is 15.0 Å². The highest BCUT2D eigenvalue weighted by molar-refractivity contribution is 5.99. The highest BCUT2D eigenvalue weighted by Gasteiger charge is 2.28. The lowest BCUT2D eigenvalue weighted by atomic mass is 10.2. The molecule has 2 amide bonds. The molecule has 3 rings (SSSR count). The number of hydrogen-bond acceptors (Lipinski definition) is 3. The molecule has 28 heavy (non-hydrogen) atoms. The summed E-state index contributed by atoms with van der Waals surface area (Å²) >= 11 is 0. The van der Waals surface area contributed by atoms with Crippen LogP contribution in [0.1, 0.15) is 12.8 Å². The van der Waals surface area contributed by atoms with E-state index in [1.54, 1.807) is 29.6 Å². The van der Waals surface area contributed by atoms with Crippen molar-refractivity contribution in [1.29, 1.82) is 0 Å². The second-order valence-electron chi connectivity index (χ2n) is 5.85. The van der Waals surface area contributed by atoms with Crippen molar-refractivity contribution in [2.45, 2.75) is 12.8 Å². The van der Waals surface area contributed by atoms with Gasteiger partial charge in [0.2, 0.25) is 17.6 Å². The van der Waals surface area contributed by atoms with Gasteiger partial charge in [0.15, 0.2) is 23.3 Å². The zero-order chi connectivity index (χ0) is 20.4. The smallest absolute Gasteiger partial charge is 0.227 e. The standard InChI is InChI=1S/C18H13F5N2O3/c19-13-14(20)16(22)18(17(23)15(13)21)24-11(26)5-6-12(27)25-7-8-28-10-4-2-1-3-9(10)25/h1-4H,5-8H2,(H,24,26). The highest BCUT2D eigenvalue weighted by atomic mass is 19.2. The maximum atomic E-state index is 13.6. The Morgan fingerprint density at radius 1 is 0.929 bits per heavy atom. The number of halogens is 5. The Morgan fingerprint density at radius 3 is 2.21 bits per heavy atom. The maximum absolute atomic E-state index is 13.6. The molecule has 0 bridgehead atoms. The molecule has 0 atom stereocenters. The second kappa shape index (κ2) is 7.83. The van der Waals surface area contributed by atoms with Gasteiger partial charge in [-0.3, -0.25) is 9.59 Å². The molecule has 0 saturated carbocycles. The number of ether oxygens (including phenoxy) is 1. The Balaban J connectivity index is 1.67. The van der Waals surface area contributed by atoms with Gasteiger partial charge in [-0.2, -0.15) is 0 Å². The van der Waals surface area contributed by atoms with E-state index in [1.165, 1.54) is 4.90 Å². The van der Waals surface area contributed by atoms with E-state index >= 15 is 0 Å². The van der Waals surface area contributed by atoms with Crippen molar-refractivity contribution in [3.63, 3.8) is 0 Å². The molecule has 0 aromatic heterocycles. The van der Waals surface area contributed by atoms with Crippen LogP contribution in [0.25, 0.3) is 0 Å². The Morgan fingerprint density at radius 2 is 1.54 bits per heavy atom. The summed E-state index contributed by atoms with van der Waals surface area (Å²) in [5, 5.41) is 1.63. The molecule has 1 aliphatic rings. The van der Waals surface area contributed by atoms with Gasteiger partial charge in [-0.1, -0.05) is 12.1 Å². The third kappa shape index (κ3) is 3.62. The van der Waals surface area contributed by atoms with Gasteiger partial charge in [0.05, 0.1) is 12.2 Å². The Hall–Kier alpha value is -3.17. The van der Waals surface area contributed by atoms with E-state index in [1.807, 2.05) is 0 Å². The predicted octanol–water partition coefficient (Wildman–Crippen LogP) is 3.53. The predicted molar refractivity (Wildman–Crippen MR) is 88.4 cm³/mol. The molecule has 2 aromatic carbocycles. The number of para-hydroxylation sites is 2.